The molecule has 0 saturated carbocycles. The summed E-state index contributed by atoms with van der Waals surface area (Å²) in [6, 6.07) is 4.25. The molecular weight excluding hydrogens is 227 g/mol. The number of carbonyl (C=O) groups excluding carboxylic acids is 2. The van der Waals surface area contributed by atoms with Crippen LogP contribution in [0.4, 0.5) is 4.39 Å². The lowest BCUT2D eigenvalue weighted by molar-refractivity contribution is -0.139. The van der Waals surface area contributed by atoms with E-state index in [9.17, 15) is 14.0 Å². The molecule has 0 spiro atoms. The van der Waals surface area contributed by atoms with Crippen LogP contribution in [0.1, 0.15) is 17.3 Å². The molecule has 0 N–H and O–H groups in total. The van der Waals surface area contributed by atoms with E-state index in [2.05, 4.69) is 4.74 Å². The van der Waals surface area contributed by atoms with Crippen molar-refractivity contribution < 1.29 is 23.1 Å². The maximum atomic E-state index is 13.9. The molecule has 0 radical (unpaired) electrons. The van der Waals surface area contributed by atoms with E-state index in [0.717, 1.165) is 0 Å². The molecule has 0 atom stereocenters. The van der Waals surface area contributed by atoms with E-state index in [0.29, 0.717) is 5.58 Å². The van der Waals surface area contributed by atoms with Crippen molar-refractivity contribution in [3.8, 4) is 0 Å². The van der Waals surface area contributed by atoms with Gasteiger partial charge in [0.2, 0.25) is 5.78 Å². The Morgan fingerprint density at radius 2 is 2.12 bits per heavy atom. The van der Waals surface area contributed by atoms with E-state index in [4.69, 9.17) is 4.42 Å². The van der Waals surface area contributed by atoms with E-state index in [1.165, 1.54) is 31.4 Å². The molecule has 0 bridgehead atoms. The number of hydrogen-bond acceptors (Lipinski definition) is 4. The van der Waals surface area contributed by atoms with Gasteiger partial charge >= 0.3 is 5.97 Å². The van der Waals surface area contributed by atoms with Gasteiger partial charge in [0.1, 0.15) is 11.4 Å². The van der Waals surface area contributed by atoms with Gasteiger partial charge in [0.25, 0.3) is 0 Å². The van der Waals surface area contributed by atoms with Crippen molar-refractivity contribution in [2.45, 2.75) is 6.92 Å². The summed E-state index contributed by atoms with van der Waals surface area (Å²) in [7, 11) is 0. The summed E-state index contributed by atoms with van der Waals surface area (Å²) in [5.74, 6) is -1.82. The fourth-order valence-corrected chi connectivity index (χ4v) is 1.47. The van der Waals surface area contributed by atoms with Gasteiger partial charge in [0.15, 0.2) is 6.61 Å². The Morgan fingerprint density at radius 3 is 2.82 bits per heavy atom. The van der Waals surface area contributed by atoms with E-state index in [1.54, 1.807) is 0 Å². The molecule has 17 heavy (non-hydrogen) atoms. The zero-order chi connectivity index (χ0) is 12.4. The number of carbonyl (C=O) groups is 2. The van der Waals surface area contributed by atoms with E-state index in [1.807, 2.05) is 0 Å². The predicted octanol–water partition coefficient (Wildman–Crippen LogP) is 2.32. The van der Waals surface area contributed by atoms with Crippen LogP contribution in [0.3, 0.4) is 0 Å². The van der Waals surface area contributed by atoms with Gasteiger partial charge < -0.3 is 9.15 Å². The van der Waals surface area contributed by atoms with Crippen molar-refractivity contribution in [2.24, 2.45) is 0 Å². The number of ether oxygens (including phenoxy) is 1. The third-order valence-electron chi connectivity index (χ3n) is 2.28. The van der Waals surface area contributed by atoms with E-state index < -0.39 is 24.2 Å². The molecule has 0 saturated heterocycles. The van der Waals surface area contributed by atoms with Crippen LogP contribution in [-0.2, 0) is 9.53 Å². The lowest BCUT2D eigenvalue weighted by Gasteiger charge is -2.03. The molecule has 88 valence electrons. The molecular formula is C12H9FO4. The van der Waals surface area contributed by atoms with Crippen molar-refractivity contribution in [1.29, 1.82) is 0 Å². The van der Waals surface area contributed by atoms with Crippen LogP contribution < -0.4 is 0 Å². The number of Topliss-reactive ketones (excluding diaryl/α,β-unsaturated/α-hetero) is 1. The first-order valence-electron chi connectivity index (χ1n) is 4.92. The minimum absolute atomic E-state index is 0.111. The van der Waals surface area contributed by atoms with Gasteiger partial charge in [-0.05, 0) is 18.2 Å². The Labute approximate surface area is 96.0 Å². The topological polar surface area (TPSA) is 56.5 Å². The number of halogens is 1. The van der Waals surface area contributed by atoms with Crippen molar-refractivity contribution in [2.75, 3.05) is 6.61 Å². The Hall–Kier alpha value is -2.17. The normalized spacial score (nSPS) is 10.5. The van der Waals surface area contributed by atoms with Crippen LogP contribution in [-0.4, -0.2) is 18.4 Å². The summed E-state index contributed by atoms with van der Waals surface area (Å²) < 4.78 is 23.4. The lowest BCUT2D eigenvalue weighted by atomic mass is 10.1. The number of benzene rings is 1. The van der Waals surface area contributed by atoms with E-state index >= 15 is 0 Å². The zero-order valence-electron chi connectivity index (χ0n) is 9.03. The van der Waals surface area contributed by atoms with Crippen LogP contribution in [0.25, 0.3) is 11.0 Å². The second-order valence-corrected chi connectivity index (χ2v) is 3.46. The smallest absolute Gasteiger partial charge is 0.303 e. The third kappa shape index (κ3) is 2.18. The second-order valence-electron chi connectivity index (χ2n) is 3.46. The highest BCUT2D eigenvalue weighted by molar-refractivity contribution is 6.01. The lowest BCUT2D eigenvalue weighted by Crippen LogP contribution is -2.13. The molecule has 0 aliphatic rings. The molecule has 1 heterocycles. The van der Waals surface area contributed by atoms with Crippen molar-refractivity contribution in [3.63, 3.8) is 0 Å². The van der Waals surface area contributed by atoms with Crippen LogP contribution in [0.15, 0.2) is 28.9 Å². The van der Waals surface area contributed by atoms with Crippen molar-refractivity contribution in [1.82, 2.24) is 0 Å². The molecule has 0 unspecified atom stereocenters. The van der Waals surface area contributed by atoms with Gasteiger partial charge in [-0.15, -0.1) is 0 Å². The van der Waals surface area contributed by atoms with Crippen LogP contribution >= 0.6 is 0 Å². The molecule has 0 aliphatic heterocycles. The van der Waals surface area contributed by atoms with Gasteiger partial charge in [-0.3, -0.25) is 9.59 Å². The van der Waals surface area contributed by atoms with Crippen LogP contribution in [0, 0.1) is 5.82 Å². The second kappa shape index (κ2) is 4.37. The summed E-state index contributed by atoms with van der Waals surface area (Å²) in [6.45, 7) is 0.721. The summed E-state index contributed by atoms with van der Waals surface area (Å²) >= 11 is 0. The first kappa shape index (κ1) is 11.3. The molecule has 4 nitrogen and oxygen atoms in total. The highest BCUT2D eigenvalue weighted by atomic mass is 19.1. The quantitative estimate of drug-likeness (QED) is 0.606. The number of hydrogen-bond donors (Lipinski definition) is 0. The zero-order valence-corrected chi connectivity index (χ0v) is 9.03. The van der Waals surface area contributed by atoms with Gasteiger partial charge in [-0.25, -0.2) is 4.39 Å². The summed E-state index contributed by atoms with van der Waals surface area (Å²) in [6.07, 6.45) is 1.34. The SMILES string of the molecule is CC(=O)OCC(=O)c1ccc2occc2c1F. The van der Waals surface area contributed by atoms with Crippen molar-refractivity contribution >= 4 is 22.7 Å². The molecule has 2 aromatic rings. The largest absolute Gasteiger partial charge is 0.464 e. The molecule has 5 heteroatoms. The Balaban J connectivity index is 2.31. The molecule has 0 amide bonds. The molecule has 1 aromatic heterocycles. The first-order valence-corrected chi connectivity index (χ1v) is 4.92. The molecule has 0 fully saturated rings. The Bertz CT molecular complexity index is 585. The minimum atomic E-state index is -0.659. The predicted molar refractivity (Wildman–Crippen MR) is 57.1 cm³/mol. The molecule has 2 rings (SSSR count). The maximum Gasteiger partial charge on any atom is 0.303 e. The van der Waals surface area contributed by atoms with Gasteiger partial charge in [-0.2, -0.15) is 0 Å². The fraction of sp³-hybridized carbons (Fsp3) is 0.167. The van der Waals surface area contributed by atoms with Crippen LogP contribution in [0.2, 0.25) is 0 Å². The van der Waals surface area contributed by atoms with Gasteiger partial charge in [0, 0.05) is 6.92 Å². The van der Waals surface area contributed by atoms with Crippen LogP contribution in [0.5, 0.6) is 0 Å². The standard InChI is InChI=1S/C12H9FO4/c1-7(14)17-6-10(15)8-2-3-11-9(12(8)13)4-5-16-11/h2-5H,6H2,1H3. The highest BCUT2D eigenvalue weighted by Gasteiger charge is 2.16. The van der Waals surface area contributed by atoms with Gasteiger partial charge in [-0.1, -0.05) is 0 Å². The molecule has 0 aliphatic carbocycles. The number of ketones is 1. The summed E-state index contributed by atoms with van der Waals surface area (Å²) in [5.41, 5.74) is 0.256. The Kier molecular flexibility index (Phi) is 2.91. The number of esters is 1. The maximum absolute atomic E-state index is 13.9. The number of furan rings is 1. The average molecular weight is 236 g/mol. The van der Waals surface area contributed by atoms with Gasteiger partial charge in [0.05, 0.1) is 17.2 Å². The monoisotopic (exact) mass is 236 g/mol. The number of rotatable bonds is 3. The molecule has 1 aromatic carbocycles. The average Bonchev–Trinajstić information content (AvgIpc) is 2.75. The Morgan fingerprint density at radius 1 is 1.35 bits per heavy atom. The third-order valence-corrected chi connectivity index (χ3v) is 2.28. The number of fused-ring (bicyclic) bond motifs is 1. The fourth-order valence-electron chi connectivity index (χ4n) is 1.47. The highest BCUT2D eigenvalue weighted by Crippen LogP contribution is 2.22. The van der Waals surface area contributed by atoms with Crippen molar-refractivity contribution in [3.05, 3.63) is 35.8 Å². The summed E-state index contributed by atoms with van der Waals surface area (Å²) in [4.78, 5) is 22.1. The summed E-state index contributed by atoms with van der Waals surface area (Å²) in [5, 5.41) is 0.235. The first-order chi connectivity index (χ1) is 8.09. The van der Waals surface area contributed by atoms with E-state index in [-0.39, 0.29) is 10.9 Å². The minimum Gasteiger partial charge on any atom is -0.464 e.